The van der Waals surface area contributed by atoms with Gasteiger partial charge in [-0.3, -0.25) is 4.79 Å². The molecule has 146 valence electrons. The fraction of sp³-hybridized carbons (Fsp3) is 0.200. The molecule has 0 spiro atoms. The van der Waals surface area contributed by atoms with Gasteiger partial charge in [-0.05, 0) is 30.3 Å². The fourth-order valence-electron chi connectivity index (χ4n) is 2.00. The number of amides is 1. The highest BCUT2D eigenvalue weighted by atomic mass is 35.5. The summed E-state index contributed by atoms with van der Waals surface area (Å²) >= 11 is 11.1. The van der Waals surface area contributed by atoms with Crippen molar-refractivity contribution >= 4 is 44.8 Å². The maximum Gasteiger partial charge on any atom is 0.417 e. The normalized spacial score (nSPS) is 12.3. The zero-order valence-corrected chi connectivity index (χ0v) is 15.9. The first kappa shape index (κ1) is 21.4. The van der Waals surface area contributed by atoms with E-state index in [2.05, 4.69) is 10.3 Å². The summed E-state index contributed by atoms with van der Waals surface area (Å²) in [4.78, 5) is 15.5. The molecule has 2 rings (SSSR count). The Morgan fingerprint density at radius 1 is 1.22 bits per heavy atom. The van der Waals surface area contributed by atoms with Gasteiger partial charge in [0, 0.05) is 18.9 Å². The van der Waals surface area contributed by atoms with Crippen LogP contribution in [0.2, 0.25) is 10.2 Å². The minimum Gasteiger partial charge on any atom is -0.325 e. The Hall–Kier alpha value is -1.88. The van der Waals surface area contributed by atoms with Gasteiger partial charge in [-0.1, -0.05) is 23.2 Å². The lowest BCUT2D eigenvalue weighted by atomic mass is 10.2. The van der Waals surface area contributed by atoms with E-state index in [1.54, 1.807) is 0 Å². The van der Waals surface area contributed by atoms with Gasteiger partial charge in [0.25, 0.3) is 0 Å². The first-order valence-corrected chi connectivity index (χ1v) is 9.35. The lowest BCUT2D eigenvalue weighted by Crippen LogP contribution is -2.35. The van der Waals surface area contributed by atoms with Crippen LogP contribution >= 0.6 is 23.2 Å². The van der Waals surface area contributed by atoms with Crippen LogP contribution in [0.1, 0.15) is 5.56 Å². The smallest absolute Gasteiger partial charge is 0.325 e. The molecule has 12 heteroatoms. The minimum atomic E-state index is -4.69. The second kappa shape index (κ2) is 8.01. The van der Waals surface area contributed by atoms with Crippen LogP contribution in [0.15, 0.2) is 41.4 Å². The van der Waals surface area contributed by atoms with Crippen molar-refractivity contribution in [3.05, 3.63) is 52.3 Å². The Bertz CT molecular complexity index is 951. The summed E-state index contributed by atoms with van der Waals surface area (Å²) in [6.45, 7) is -0.630. The van der Waals surface area contributed by atoms with Gasteiger partial charge in [-0.25, -0.2) is 13.4 Å². The molecule has 1 aromatic carbocycles. The van der Waals surface area contributed by atoms with E-state index in [0.717, 1.165) is 23.6 Å². The fourth-order valence-corrected chi connectivity index (χ4v) is 3.41. The first-order valence-electron chi connectivity index (χ1n) is 7.16. The largest absolute Gasteiger partial charge is 0.417 e. The Morgan fingerprint density at radius 3 is 2.44 bits per heavy atom. The Kier molecular flexibility index (Phi) is 6.35. The lowest BCUT2D eigenvalue weighted by molar-refractivity contribution is -0.137. The average Bonchev–Trinajstić information content (AvgIpc) is 2.55. The topological polar surface area (TPSA) is 79.4 Å². The monoisotopic (exact) mass is 441 g/mol. The highest BCUT2D eigenvalue weighted by molar-refractivity contribution is 7.89. The highest BCUT2D eigenvalue weighted by Gasteiger charge is 2.33. The van der Waals surface area contributed by atoms with E-state index in [0.29, 0.717) is 6.07 Å². The van der Waals surface area contributed by atoms with E-state index in [4.69, 9.17) is 23.2 Å². The third-order valence-corrected chi connectivity index (χ3v) is 5.67. The summed E-state index contributed by atoms with van der Waals surface area (Å²) < 4.78 is 64.0. The van der Waals surface area contributed by atoms with Gasteiger partial charge >= 0.3 is 6.18 Å². The lowest BCUT2D eigenvalue weighted by Gasteiger charge is -2.17. The number of carbonyl (C=O) groups is 1. The molecular weight excluding hydrogens is 430 g/mol. The number of alkyl halides is 3. The Balaban J connectivity index is 2.12. The van der Waals surface area contributed by atoms with E-state index < -0.39 is 39.2 Å². The van der Waals surface area contributed by atoms with Crippen molar-refractivity contribution in [1.29, 1.82) is 0 Å². The number of rotatable bonds is 5. The first-order chi connectivity index (χ1) is 12.4. The molecule has 2 aromatic rings. The molecule has 0 radical (unpaired) electrons. The predicted octanol–water partition coefficient (Wildman–Crippen LogP) is 3.67. The number of anilines is 1. The SMILES string of the molecule is CN(CC(=O)Nc1ccc(Cl)c(C(F)(F)F)c1)S(=O)(=O)c1ccc(Cl)nc1. The van der Waals surface area contributed by atoms with Crippen molar-refractivity contribution < 1.29 is 26.4 Å². The number of carbonyl (C=O) groups excluding carboxylic acids is 1. The molecule has 27 heavy (non-hydrogen) atoms. The molecule has 6 nitrogen and oxygen atoms in total. The molecule has 1 heterocycles. The maximum absolute atomic E-state index is 12.8. The molecule has 0 aliphatic carbocycles. The number of benzene rings is 1. The van der Waals surface area contributed by atoms with Gasteiger partial charge in [-0.2, -0.15) is 17.5 Å². The minimum absolute atomic E-state index is 0.0950. The van der Waals surface area contributed by atoms with Crippen LogP contribution in [0, 0.1) is 0 Å². The quantitative estimate of drug-likeness (QED) is 0.717. The predicted molar refractivity (Wildman–Crippen MR) is 94.1 cm³/mol. The molecule has 1 amide bonds. The van der Waals surface area contributed by atoms with Crippen molar-refractivity contribution in [2.75, 3.05) is 18.9 Å². The van der Waals surface area contributed by atoms with E-state index in [1.165, 1.54) is 18.2 Å². The van der Waals surface area contributed by atoms with Crippen LogP contribution in [0.3, 0.4) is 0 Å². The number of nitrogens with zero attached hydrogens (tertiary/aromatic N) is 2. The summed E-state index contributed by atoms with van der Waals surface area (Å²) in [5, 5.41) is 1.78. The molecule has 0 saturated heterocycles. The van der Waals surface area contributed by atoms with E-state index in [1.807, 2.05) is 0 Å². The molecule has 1 aromatic heterocycles. The van der Waals surface area contributed by atoms with E-state index in [9.17, 15) is 26.4 Å². The van der Waals surface area contributed by atoms with E-state index in [-0.39, 0.29) is 15.7 Å². The van der Waals surface area contributed by atoms with Gasteiger partial charge in [0.05, 0.1) is 17.1 Å². The van der Waals surface area contributed by atoms with Gasteiger partial charge < -0.3 is 5.32 Å². The van der Waals surface area contributed by atoms with Crippen LogP contribution in [0.25, 0.3) is 0 Å². The zero-order valence-electron chi connectivity index (χ0n) is 13.6. The molecular formula is C15H12Cl2F3N3O3S. The average molecular weight is 442 g/mol. The van der Waals surface area contributed by atoms with Gasteiger partial charge in [0.15, 0.2) is 0 Å². The molecule has 0 aliphatic heterocycles. The number of halogens is 5. The van der Waals surface area contributed by atoms with Crippen molar-refractivity contribution in [3.8, 4) is 0 Å². The maximum atomic E-state index is 12.8. The summed E-state index contributed by atoms with van der Waals surface area (Å²) in [7, 11) is -2.89. The van der Waals surface area contributed by atoms with Crippen molar-refractivity contribution in [1.82, 2.24) is 9.29 Å². The van der Waals surface area contributed by atoms with Crippen LogP contribution in [0.4, 0.5) is 18.9 Å². The molecule has 0 fully saturated rings. The van der Waals surface area contributed by atoms with E-state index >= 15 is 0 Å². The number of sulfonamides is 1. The van der Waals surface area contributed by atoms with Crippen LogP contribution in [-0.4, -0.2) is 37.2 Å². The Labute approximate surface area is 163 Å². The second-order valence-corrected chi connectivity index (χ2v) is 8.16. The van der Waals surface area contributed by atoms with Crippen LogP contribution in [-0.2, 0) is 21.0 Å². The van der Waals surface area contributed by atoms with Crippen LogP contribution < -0.4 is 5.32 Å². The molecule has 0 unspecified atom stereocenters. The third kappa shape index (κ3) is 5.32. The molecule has 1 N–H and O–H groups in total. The number of hydrogen-bond acceptors (Lipinski definition) is 4. The summed E-state index contributed by atoms with van der Waals surface area (Å²) in [5.41, 5.74) is -1.29. The summed E-state index contributed by atoms with van der Waals surface area (Å²) in [5.74, 6) is -0.835. The zero-order chi connectivity index (χ0) is 20.4. The van der Waals surface area contributed by atoms with Gasteiger partial charge in [0.2, 0.25) is 15.9 Å². The summed E-state index contributed by atoms with van der Waals surface area (Å²) in [6, 6.07) is 5.31. The number of pyridine rings is 1. The Morgan fingerprint density at radius 2 is 1.89 bits per heavy atom. The number of nitrogens with one attached hydrogen (secondary N) is 1. The van der Waals surface area contributed by atoms with Crippen molar-refractivity contribution in [2.45, 2.75) is 11.1 Å². The second-order valence-electron chi connectivity index (χ2n) is 5.32. The third-order valence-electron chi connectivity index (χ3n) is 3.33. The summed E-state index contributed by atoms with van der Waals surface area (Å²) in [6.07, 6.45) is -3.67. The number of aromatic nitrogens is 1. The standard InChI is InChI=1S/C15H12Cl2F3N3O3S/c1-23(27(25,26)10-3-5-13(17)21-7-10)8-14(24)22-9-2-4-12(16)11(6-9)15(18,19)20/h2-7H,8H2,1H3,(H,22,24). The molecule has 0 aliphatic rings. The molecule has 0 saturated carbocycles. The van der Waals surface area contributed by atoms with Crippen LogP contribution in [0.5, 0.6) is 0 Å². The van der Waals surface area contributed by atoms with Gasteiger partial charge in [0.1, 0.15) is 10.0 Å². The molecule has 0 atom stereocenters. The molecule has 0 bridgehead atoms. The number of likely N-dealkylation sites (N-methyl/N-ethyl adjacent to an activating group) is 1. The van der Waals surface area contributed by atoms with Crippen molar-refractivity contribution in [2.24, 2.45) is 0 Å². The van der Waals surface area contributed by atoms with Crippen molar-refractivity contribution in [3.63, 3.8) is 0 Å². The number of hydrogen-bond donors (Lipinski definition) is 1. The van der Waals surface area contributed by atoms with Gasteiger partial charge in [-0.15, -0.1) is 0 Å². The highest BCUT2D eigenvalue weighted by Crippen LogP contribution is 2.36.